The third-order valence-electron chi connectivity index (χ3n) is 2.69. The second-order valence-corrected chi connectivity index (χ2v) is 4.92. The Bertz CT molecular complexity index is 410. The minimum Gasteiger partial charge on any atom is -0.330 e. The summed E-state index contributed by atoms with van der Waals surface area (Å²) < 4.78 is 39.6. The molecule has 0 aliphatic heterocycles. The number of aryl methyl sites for hydroxylation is 1. The zero-order valence-corrected chi connectivity index (χ0v) is 10.7. The summed E-state index contributed by atoms with van der Waals surface area (Å²) in [5.74, 6) is 0. The van der Waals surface area contributed by atoms with Crippen LogP contribution in [0, 0.1) is 0 Å². The molecular formula is C10H15ClF3N3. The highest BCUT2D eigenvalue weighted by Gasteiger charge is 2.42. The fourth-order valence-electron chi connectivity index (χ4n) is 1.79. The molecule has 0 aliphatic carbocycles. The predicted octanol–water partition coefficient (Wildman–Crippen LogP) is 2.72. The first-order valence-corrected chi connectivity index (χ1v) is 5.49. The minimum atomic E-state index is -4.51. The number of nitrogens with two attached hydrogens (primary N) is 1. The standard InChI is InChI=1S/C10H15ClF3N3/c1-9(2,4-5-15)6-7(10(12,13)14)16-17(3)8(6)11/h4-5,15H2,1-3H3. The van der Waals surface area contributed by atoms with Crippen molar-refractivity contribution >= 4 is 11.6 Å². The van der Waals surface area contributed by atoms with E-state index in [1.807, 2.05) is 0 Å². The third kappa shape index (κ3) is 2.74. The van der Waals surface area contributed by atoms with Crippen LogP contribution in [0.3, 0.4) is 0 Å². The molecule has 2 N–H and O–H groups in total. The number of hydrogen-bond acceptors (Lipinski definition) is 2. The average molecular weight is 270 g/mol. The highest BCUT2D eigenvalue weighted by molar-refractivity contribution is 6.30. The van der Waals surface area contributed by atoms with Crippen LogP contribution in [0.15, 0.2) is 0 Å². The maximum atomic E-state index is 12.8. The van der Waals surface area contributed by atoms with Crippen LogP contribution in [0.25, 0.3) is 0 Å². The molecule has 0 radical (unpaired) electrons. The Balaban J connectivity index is 3.41. The van der Waals surface area contributed by atoms with Crippen molar-refractivity contribution in [3.63, 3.8) is 0 Å². The summed E-state index contributed by atoms with van der Waals surface area (Å²) in [5, 5.41) is 3.46. The molecule has 0 aromatic carbocycles. The molecule has 0 saturated heterocycles. The zero-order chi connectivity index (χ0) is 13.4. The van der Waals surface area contributed by atoms with Gasteiger partial charge in [-0.15, -0.1) is 0 Å². The van der Waals surface area contributed by atoms with Gasteiger partial charge >= 0.3 is 6.18 Å². The fourth-order valence-corrected chi connectivity index (χ4v) is 2.17. The summed E-state index contributed by atoms with van der Waals surface area (Å²) in [6, 6.07) is 0. The molecule has 1 rings (SSSR count). The Morgan fingerprint density at radius 3 is 2.29 bits per heavy atom. The van der Waals surface area contributed by atoms with E-state index in [9.17, 15) is 13.2 Å². The second-order valence-electron chi connectivity index (χ2n) is 4.56. The molecule has 7 heteroatoms. The van der Waals surface area contributed by atoms with E-state index < -0.39 is 17.3 Å². The number of aromatic nitrogens is 2. The van der Waals surface area contributed by atoms with E-state index in [4.69, 9.17) is 17.3 Å². The summed E-state index contributed by atoms with van der Waals surface area (Å²) in [6.45, 7) is 3.64. The lowest BCUT2D eigenvalue weighted by Gasteiger charge is -2.25. The van der Waals surface area contributed by atoms with Gasteiger partial charge in [0.1, 0.15) is 5.15 Å². The summed E-state index contributed by atoms with van der Waals surface area (Å²) in [4.78, 5) is 0. The van der Waals surface area contributed by atoms with Gasteiger partial charge in [-0.1, -0.05) is 25.4 Å². The monoisotopic (exact) mass is 269 g/mol. The van der Waals surface area contributed by atoms with Crippen molar-refractivity contribution in [2.24, 2.45) is 12.8 Å². The van der Waals surface area contributed by atoms with Gasteiger partial charge < -0.3 is 5.73 Å². The summed E-state index contributed by atoms with van der Waals surface area (Å²) >= 11 is 5.90. The van der Waals surface area contributed by atoms with Crippen molar-refractivity contribution in [3.05, 3.63) is 16.4 Å². The topological polar surface area (TPSA) is 43.8 Å². The van der Waals surface area contributed by atoms with Crippen LogP contribution in [0.1, 0.15) is 31.5 Å². The van der Waals surface area contributed by atoms with E-state index >= 15 is 0 Å². The Hall–Kier alpha value is -0.750. The van der Waals surface area contributed by atoms with E-state index in [0.29, 0.717) is 6.42 Å². The van der Waals surface area contributed by atoms with Crippen LogP contribution in [-0.4, -0.2) is 16.3 Å². The maximum Gasteiger partial charge on any atom is 0.435 e. The van der Waals surface area contributed by atoms with Gasteiger partial charge in [-0.05, 0) is 18.4 Å². The Labute approximate surface area is 103 Å². The van der Waals surface area contributed by atoms with Crippen molar-refractivity contribution in [1.29, 1.82) is 0 Å². The first kappa shape index (κ1) is 14.3. The lowest BCUT2D eigenvalue weighted by molar-refractivity contribution is -0.142. The van der Waals surface area contributed by atoms with E-state index in [0.717, 1.165) is 4.68 Å². The summed E-state index contributed by atoms with van der Waals surface area (Å²) in [7, 11) is 1.39. The molecule has 3 nitrogen and oxygen atoms in total. The largest absolute Gasteiger partial charge is 0.435 e. The van der Waals surface area contributed by atoms with Gasteiger partial charge in [-0.3, -0.25) is 4.68 Å². The van der Waals surface area contributed by atoms with Gasteiger partial charge in [-0.2, -0.15) is 18.3 Å². The van der Waals surface area contributed by atoms with E-state index in [2.05, 4.69) is 5.10 Å². The highest BCUT2D eigenvalue weighted by Crippen LogP contribution is 2.41. The predicted molar refractivity (Wildman–Crippen MR) is 59.9 cm³/mol. The molecule has 1 aromatic rings. The van der Waals surface area contributed by atoms with Crippen LogP contribution >= 0.6 is 11.6 Å². The van der Waals surface area contributed by atoms with Gasteiger partial charge in [-0.25, -0.2) is 0 Å². The molecular weight excluding hydrogens is 255 g/mol. The van der Waals surface area contributed by atoms with Crippen molar-refractivity contribution < 1.29 is 13.2 Å². The Morgan fingerprint density at radius 2 is 1.88 bits per heavy atom. The zero-order valence-electron chi connectivity index (χ0n) is 9.90. The van der Waals surface area contributed by atoms with Crippen LogP contribution in [-0.2, 0) is 18.6 Å². The summed E-state index contributed by atoms with van der Waals surface area (Å²) in [5.41, 5.74) is 3.74. The number of alkyl halides is 3. The molecule has 0 unspecified atom stereocenters. The first-order chi connectivity index (χ1) is 7.61. The fraction of sp³-hybridized carbons (Fsp3) is 0.700. The Kier molecular flexibility index (Phi) is 3.78. The molecule has 0 saturated carbocycles. The van der Waals surface area contributed by atoms with Gasteiger partial charge in [0.15, 0.2) is 5.69 Å². The average Bonchev–Trinajstić information content (AvgIpc) is 2.43. The molecule has 0 bridgehead atoms. The van der Waals surface area contributed by atoms with Crippen molar-refractivity contribution in [1.82, 2.24) is 9.78 Å². The summed E-state index contributed by atoms with van der Waals surface area (Å²) in [6.07, 6.45) is -4.10. The molecule has 98 valence electrons. The van der Waals surface area contributed by atoms with Crippen molar-refractivity contribution in [2.45, 2.75) is 31.9 Å². The third-order valence-corrected chi connectivity index (χ3v) is 3.13. The quantitative estimate of drug-likeness (QED) is 0.917. The van der Waals surface area contributed by atoms with Gasteiger partial charge in [0.25, 0.3) is 0 Å². The number of hydrogen-bond donors (Lipinski definition) is 1. The highest BCUT2D eigenvalue weighted by atomic mass is 35.5. The second kappa shape index (κ2) is 4.49. The van der Waals surface area contributed by atoms with Gasteiger partial charge in [0, 0.05) is 12.6 Å². The van der Waals surface area contributed by atoms with Crippen LogP contribution < -0.4 is 5.73 Å². The minimum absolute atomic E-state index is 0.00998. The molecule has 17 heavy (non-hydrogen) atoms. The van der Waals surface area contributed by atoms with E-state index in [1.54, 1.807) is 13.8 Å². The first-order valence-electron chi connectivity index (χ1n) is 5.11. The molecule has 0 spiro atoms. The van der Waals surface area contributed by atoms with Gasteiger partial charge in [0.2, 0.25) is 0 Å². The SMILES string of the molecule is Cn1nc(C(F)(F)F)c(C(C)(C)CCN)c1Cl. The molecule has 0 atom stereocenters. The number of rotatable bonds is 3. The normalized spacial score (nSPS) is 13.2. The lowest BCUT2D eigenvalue weighted by atomic mass is 9.81. The van der Waals surface area contributed by atoms with Gasteiger partial charge in [0.05, 0.1) is 0 Å². The van der Waals surface area contributed by atoms with Crippen molar-refractivity contribution in [3.8, 4) is 0 Å². The maximum absolute atomic E-state index is 12.8. The number of nitrogens with zero attached hydrogens (tertiary/aromatic N) is 2. The number of halogens is 4. The van der Waals surface area contributed by atoms with Crippen LogP contribution in [0.2, 0.25) is 5.15 Å². The van der Waals surface area contributed by atoms with E-state index in [1.165, 1.54) is 7.05 Å². The molecule has 0 amide bonds. The van der Waals surface area contributed by atoms with Crippen LogP contribution in [0.4, 0.5) is 13.2 Å². The van der Waals surface area contributed by atoms with Crippen molar-refractivity contribution in [2.75, 3.05) is 6.54 Å². The molecule has 0 aliphatic rings. The molecule has 0 fully saturated rings. The lowest BCUT2D eigenvalue weighted by Crippen LogP contribution is -2.25. The molecule has 1 aromatic heterocycles. The molecule has 1 heterocycles. The van der Waals surface area contributed by atoms with E-state index in [-0.39, 0.29) is 17.3 Å². The smallest absolute Gasteiger partial charge is 0.330 e. The van der Waals surface area contributed by atoms with Crippen LogP contribution in [0.5, 0.6) is 0 Å². The Morgan fingerprint density at radius 1 is 1.35 bits per heavy atom.